The SMILES string of the molecule is C=CCCOC(=O)[C@H]1[C@H]2C(=O)N([C@H](CO)c3ccccc3)C(C(=O)N(CC=C)CCN3CCOCC3)C23CC[C@]1(CC)O3. The van der Waals surface area contributed by atoms with Gasteiger partial charge in [0.15, 0.2) is 0 Å². The van der Waals surface area contributed by atoms with Crippen LogP contribution in [0.2, 0.25) is 0 Å². The van der Waals surface area contributed by atoms with Gasteiger partial charge in [-0.2, -0.15) is 0 Å². The lowest BCUT2D eigenvalue weighted by Gasteiger charge is -2.40. The minimum atomic E-state index is -1.22. The van der Waals surface area contributed by atoms with Gasteiger partial charge in [0.1, 0.15) is 17.6 Å². The van der Waals surface area contributed by atoms with Crippen molar-refractivity contribution < 1.29 is 33.7 Å². The molecule has 1 N–H and O–H groups in total. The Morgan fingerprint density at radius 2 is 1.93 bits per heavy atom. The molecule has 10 nitrogen and oxygen atoms in total. The molecule has 4 heterocycles. The molecule has 0 saturated carbocycles. The van der Waals surface area contributed by atoms with Crippen molar-refractivity contribution in [1.29, 1.82) is 0 Å². The molecule has 1 spiro atoms. The Bertz CT molecular complexity index is 1190. The van der Waals surface area contributed by atoms with Gasteiger partial charge in [-0.15, -0.1) is 13.2 Å². The van der Waals surface area contributed by atoms with E-state index in [1.165, 1.54) is 4.90 Å². The molecule has 0 radical (unpaired) electrons. The van der Waals surface area contributed by atoms with Crippen LogP contribution in [0.15, 0.2) is 55.6 Å². The minimum absolute atomic E-state index is 0.163. The summed E-state index contributed by atoms with van der Waals surface area (Å²) in [7, 11) is 0. The fourth-order valence-electron chi connectivity index (χ4n) is 7.70. The second-order valence-electron chi connectivity index (χ2n) is 12.0. The Hall–Kier alpha value is -3.05. The van der Waals surface area contributed by atoms with Crippen molar-refractivity contribution in [2.45, 2.75) is 55.9 Å². The van der Waals surface area contributed by atoms with Crippen molar-refractivity contribution in [3.05, 3.63) is 61.2 Å². The van der Waals surface area contributed by atoms with Gasteiger partial charge in [0, 0.05) is 32.7 Å². The number of likely N-dealkylation sites (tertiary alicyclic amines) is 1. The number of esters is 1. The summed E-state index contributed by atoms with van der Waals surface area (Å²) < 4.78 is 18.0. The molecule has 2 unspecified atom stereocenters. The molecule has 6 atom stereocenters. The maximum absolute atomic E-state index is 14.8. The summed E-state index contributed by atoms with van der Waals surface area (Å²) in [5.41, 5.74) is -1.40. The predicted octanol–water partition coefficient (Wildman–Crippen LogP) is 2.34. The lowest BCUT2D eigenvalue weighted by molar-refractivity contribution is -0.163. The molecule has 4 aliphatic heterocycles. The first-order chi connectivity index (χ1) is 20.9. The number of nitrogens with zero attached hydrogens (tertiary/aromatic N) is 3. The van der Waals surface area contributed by atoms with Gasteiger partial charge < -0.3 is 29.1 Å². The normalized spacial score (nSPS) is 30.6. The van der Waals surface area contributed by atoms with E-state index in [9.17, 15) is 19.5 Å². The number of fused-ring (bicyclic) bond motifs is 1. The van der Waals surface area contributed by atoms with E-state index in [1.807, 2.05) is 37.3 Å². The number of carbonyl (C=O) groups is 3. The van der Waals surface area contributed by atoms with Gasteiger partial charge in [0.25, 0.3) is 0 Å². The topological polar surface area (TPSA) is 109 Å². The Kier molecular flexibility index (Phi) is 9.70. The van der Waals surface area contributed by atoms with Crippen molar-refractivity contribution in [2.24, 2.45) is 11.8 Å². The third kappa shape index (κ3) is 5.54. The highest BCUT2D eigenvalue weighted by Crippen LogP contribution is 2.65. The summed E-state index contributed by atoms with van der Waals surface area (Å²) in [6.45, 7) is 13.6. The molecule has 4 aliphatic rings. The van der Waals surface area contributed by atoms with Crippen molar-refractivity contribution in [1.82, 2.24) is 14.7 Å². The van der Waals surface area contributed by atoms with E-state index in [2.05, 4.69) is 18.1 Å². The summed E-state index contributed by atoms with van der Waals surface area (Å²) in [6.07, 6.45) is 5.37. The van der Waals surface area contributed by atoms with Crippen LogP contribution in [0.5, 0.6) is 0 Å². The molecule has 2 amide bonds. The number of morpholine rings is 1. The average molecular weight is 596 g/mol. The zero-order chi connectivity index (χ0) is 30.6. The van der Waals surface area contributed by atoms with E-state index in [0.29, 0.717) is 64.1 Å². The first-order valence-electron chi connectivity index (χ1n) is 15.5. The molecular weight excluding hydrogens is 550 g/mol. The Morgan fingerprint density at radius 3 is 2.58 bits per heavy atom. The summed E-state index contributed by atoms with van der Waals surface area (Å²) in [4.78, 5) is 48.6. The van der Waals surface area contributed by atoms with Gasteiger partial charge in [0.05, 0.1) is 44.0 Å². The highest BCUT2D eigenvalue weighted by atomic mass is 16.6. The quantitative estimate of drug-likeness (QED) is 0.198. The maximum atomic E-state index is 14.8. The fraction of sp³-hybridized carbons (Fsp3) is 0.606. The van der Waals surface area contributed by atoms with Crippen molar-refractivity contribution in [2.75, 3.05) is 59.2 Å². The first-order valence-corrected chi connectivity index (χ1v) is 15.5. The molecule has 10 heteroatoms. The van der Waals surface area contributed by atoms with Crippen LogP contribution in [0.4, 0.5) is 0 Å². The number of aliphatic hydroxyl groups excluding tert-OH is 1. The molecule has 0 aromatic heterocycles. The number of rotatable bonds is 14. The summed E-state index contributed by atoms with van der Waals surface area (Å²) in [5, 5.41) is 10.7. The van der Waals surface area contributed by atoms with Crippen LogP contribution in [0.25, 0.3) is 0 Å². The summed E-state index contributed by atoms with van der Waals surface area (Å²) in [6, 6.07) is 7.42. The number of benzene rings is 1. The number of aliphatic hydroxyl groups is 1. The summed E-state index contributed by atoms with van der Waals surface area (Å²) in [5.74, 6) is -2.83. The van der Waals surface area contributed by atoms with Gasteiger partial charge in [-0.3, -0.25) is 19.3 Å². The highest BCUT2D eigenvalue weighted by molar-refractivity contribution is 5.99. The van der Waals surface area contributed by atoms with E-state index < -0.39 is 41.1 Å². The van der Waals surface area contributed by atoms with Crippen molar-refractivity contribution in [3.63, 3.8) is 0 Å². The van der Waals surface area contributed by atoms with E-state index in [4.69, 9.17) is 14.2 Å². The smallest absolute Gasteiger partial charge is 0.312 e. The second-order valence-corrected chi connectivity index (χ2v) is 12.0. The van der Waals surface area contributed by atoms with Crippen LogP contribution >= 0.6 is 0 Å². The van der Waals surface area contributed by atoms with Crippen LogP contribution in [0.3, 0.4) is 0 Å². The van der Waals surface area contributed by atoms with Crippen molar-refractivity contribution >= 4 is 17.8 Å². The third-order valence-corrected chi connectivity index (χ3v) is 9.82. The van der Waals surface area contributed by atoms with Gasteiger partial charge >= 0.3 is 5.97 Å². The predicted molar refractivity (Wildman–Crippen MR) is 160 cm³/mol. The standard InChI is InChI=1S/C33H45N3O7/c1-4-7-20-42-31(40)27-26-29(38)36(25(23-37)24-11-9-8-10-12-24)28(33(26)14-13-32(27,6-3)43-33)30(39)35(15-5-2)17-16-34-18-21-41-22-19-34/h4-5,8-12,25-28,37H,1-2,6-7,13-23H2,3H3/t25-,26+,27-,28?,32+,33?/m1/s1. The molecule has 4 fully saturated rings. The number of ether oxygens (including phenoxy) is 3. The lowest BCUT2D eigenvalue weighted by atomic mass is 9.65. The molecule has 2 bridgehead atoms. The van der Waals surface area contributed by atoms with E-state index in [1.54, 1.807) is 17.1 Å². The largest absolute Gasteiger partial charge is 0.465 e. The number of carbonyl (C=O) groups excluding carboxylic acids is 3. The zero-order valence-corrected chi connectivity index (χ0v) is 25.2. The molecule has 1 aromatic rings. The zero-order valence-electron chi connectivity index (χ0n) is 25.2. The number of hydrogen-bond donors (Lipinski definition) is 1. The first kappa shape index (κ1) is 31.4. The second kappa shape index (κ2) is 13.3. The maximum Gasteiger partial charge on any atom is 0.312 e. The third-order valence-electron chi connectivity index (χ3n) is 9.82. The fourth-order valence-corrected chi connectivity index (χ4v) is 7.70. The van der Waals surface area contributed by atoms with Crippen LogP contribution < -0.4 is 0 Å². The molecule has 0 aliphatic carbocycles. The van der Waals surface area contributed by atoms with Gasteiger partial charge in [-0.25, -0.2) is 0 Å². The van der Waals surface area contributed by atoms with Crippen LogP contribution in [-0.4, -0.2) is 114 Å². The van der Waals surface area contributed by atoms with E-state index >= 15 is 0 Å². The number of hydrogen-bond acceptors (Lipinski definition) is 8. The van der Waals surface area contributed by atoms with Gasteiger partial charge in [-0.1, -0.05) is 49.4 Å². The van der Waals surface area contributed by atoms with Crippen LogP contribution in [0.1, 0.15) is 44.2 Å². The monoisotopic (exact) mass is 595 g/mol. The van der Waals surface area contributed by atoms with Crippen LogP contribution in [-0.2, 0) is 28.6 Å². The molecule has 5 rings (SSSR count). The Morgan fingerprint density at radius 1 is 1.19 bits per heavy atom. The molecule has 1 aromatic carbocycles. The highest BCUT2D eigenvalue weighted by Gasteiger charge is 2.79. The molecule has 43 heavy (non-hydrogen) atoms. The van der Waals surface area contributed by atoms with E-state index in [0.717, 1.165) is 13.1 Å². The van der Waals surface area contributed by atoms with Gasteiger partial charge in [-0.05, 0) is 31.2 Å². The molecule has 234 valence electrons. The Labute approximate surface area is 254 Å². The lowest BCUT2D eigenvalue weighted by Crippen LogP contribution is -2.58. The summed E-state index contributed by atoms with van der Waals surface area (Å²) >= 11 is 0. The minimum Gasteiger partial charge on any atom is -0.465 e. The van der Waals surface area contributed by atoms with Gasteiger partial charge in [0.2, 0.25) is 11.8 Å². The molecule has 4 saturated heterocycles. The Balaban J connectivity index is 1.55. The van der Waals surface area contributed by atoms with E-state index in [-0.39, 0.29) is 25.0 Å². The van der Waals surface area contributed by atoms with Crippen LogP contribution in [0, 0.1) is 11.8 Å². The molecular formula is C33H45N3O7. The average Bonchev–Trinajstić information content (AvgIpc) is 3.64. The number of amides is 2. The van der Waals surface area contributed by atoms with Crippen molar-refractivity contribution in [3.8, 4) is 0 Å².